The number of fused-ring (bicyclic) bond motifs is 1. The molecule has 2 aromatic carbocycles. The lowest BCUT2D eigenvalue weighted by atomic mass is 10.0. The molecular weight excluding hydrogens is 360 g/mol. The van der Waals surface area contributed by atoms with E-state index < -0.39 is 12.0 Å². The third-order valence-corrected chi connectivity index (χ3v) is 5.55. The molecule has 27 heavy (non-hydrogen) atoms. The number of nitrogens with one attached hydrogen (secondary N) is 2. The average molecular weight is 382 g/mol. The SMILES string of the molecule is COC(=O)[C@H](Cc1c[nH]c2ccccc12)NC(=O)CSc1ccccc1C. The van der Waals surface area contributed by atoms with Crippen molar-refractivity contribution < 1.29 is 14.3 Å². The number of H-pyrrole nitrogens is 1. The van der Waals surface area contributed by atoms with E-state index in [4.69, 9.17) is 4.74 Å². The van der Waals surface area contributed by atoms with Crippen molar-refractivity contribution >= 4 is 34.5 Å². The first-order chi connectivity index (χ1) is 13.1. The topological polar surface area (TPSA) is 71.2 Å². The lowest BCUT2D eigenvalue weighted by Gasteiger charge is -2.16. The molecule has 1 heterocycles. The van der Waals surface area contributed by atoms with Gasteiger partial charge < -0.3 is 15.0 Å². The molecule has 0 aliphatic heterocycles. The minimum atomic E-state index is -0.723. The molecule has 2 N–H and O–H groups in total. The van der Waals surface area contributed by atoms with Gasteiger partial charge in [-0.15, -0.1) is 11.8 Å². The van der Waals surface area contributed by atoms with Crippen LogP contribution in [0.3, 0.4) is 0 Å². The summed E-state index contributed by atoms with van der Waals surface area (Å²) in [4.78, 5) is 28.8. The summed E-state index contributed by atoms with van der Waals surface area (Å²) in [6, 6.07) is 15.0. The van der Waals surface area contributed by atoms with Gasteiger partial charge in [0.25, 0.3) is 0 Å². The number of aromatic nitrogens is 1. The standard InChI is InChI=1S/C21H22N2O3S/c1-14-7-3-6-10-19(14)27-13-20(24)23-18(21(25)26-2)11-15-12-22-17-9-5-4-8-16(15)17/h3-10,12,18,22H,11,13H2,1-2H3,(H,23,24)/t18-/m0/s1. The Morgan fingerprint density at radius 1 is 1.15 bits per heavy atom. The van der Waals surface area contributed by atoms with E-state index in [-0.39, 0.29) is 11.7 Å². The molecule has 3 aromatic rings. The van der Waals surface area contributed by atoms with Crippen LogP contribution in [0.15, 0.2) is 59.6 Å². The fraction of sp³-hybridized carbons (Fsp3) is 0.238. The maximum absolute atomic E-state index is 12.4. The second-order valence-corrected chi connectivity index (χ2v) is 7.28. The van der Waals surface area contributed by atoms with Crippen LogP contribution in [0.4, 0.5) is 0 Å². The number of rotatable bonds is 7. The molecule has 6 heteroatoms. The van der Waals surface area contributed by atoms with Gasteiger partial charge in [-0.25, -0.2) is 4.79 Å². The molecule has 1 amide bonds. The Morgan fingerprint density at radius 3 is 2.67 bits per heavy atom. The Morgan fingerprint density at radius 2 is 1.89 bits per heavy atom. The zero-order valence-electron chi connectivity index (χ0n) is 15.3. The molecular formula is C21H22N2O3S. The molecule has 0 saturated carbocycles. The van der Waals surface area contributed by atoms with Crippen molar-refractivity contribution in [3.05, 3.63) is 65.9 Å². The van der Waals surface area contributed by atoms with E-state index in [0.717, 1.165) is 26.9 Å². The summed E-state index contributed by atoms with van der Waals surface area (Å²) in [6.07, 6.45) is 2.24. The molecule has 0 saturated heterocycles. The van der Waals surface area contributed by atoms with Gasteiger partial charge in [0, 0.05) is 28.4 Å². The molecule has 5 nitrogen and oxygen atoms in total. The van der Waals surface area contributed by atoms with E-state index in [1.165, 1.54) is 18.9 Å². The number of ether oxygens (including phenoxy) is 1. The van der Waals surface area contributed by atoms with Crippen molar-refractivity contribution in [1.82, 2.24) is 10.3 Å². The van der Waals surface area contributed by atoms with Gasteiger partial charge in [0.1, 0.15) is 6.04 Å². The number of hydrogen-bond donors (Lipinski definition) is 2. The molecule has 1 aromatic heterocycles. The summed E-state index contributed by atoms with van der Waals surface area (Å²) >= 11 is 1.46. The van der Waals surface area contributed by atoms with E-state index in [1.807, 2.05) is 61.7 Å². The Balaban J connectivity index is 1.67. The van der Waals surface area contributed by atoms with Gasteiger partial charge in [0.15, 0.2) is 0 Å². The van der Waals surface area contributed by atoms with Crippen molar-refractivity contribution in [3.8, 4) is 0 Å². The first-order valence-corrected chi connectivity index (χ1v) is 9.67. The number of carbonyl (C=O) groups excluding carboxylic acids is 2. The van der Waals surface area contributed by atoms with E-state index >= 15 is 0 Å². The van der Waals surface area contributed by atoms with Crippen LogP contribution in [0.2, 0.25) is 0 Å². The number of aromatic amines is 1. The highest BCUT2D eigenvalue weighted by molar-refractivity contribution is 8.00. The quantitative estimate of drug-likeness (QED) is 0.485. The normalized spacial score (nSPS) is 11.9. The van der Waals surface area contributed by atoms with Crippen LogP contribution >= 0.6 is 11.8 Å². The highest BCUT2D eigenvalue weighted by Gasteiger charge is 2.23. The summed E-state index contributed by atoms with van der Waals surface area (Å²) in [5.41, 5.74) is 3.09. The minimum absolute atomic E-state index is 0.196. The molecule has 0 bridgehead atoms. The van der Waals surface area contributed by atoms with Crippen molar-refractivity contribution in [2.45, 2.75) is 24.3 Å². The lowest BCUT2D eigenvalue weighted by molar-refractivity contribution is -0.144. The van der Waals surface area contributed by atoms with Crippen LogP contribution in [-0.4, -0.2) is 35.8 Å². The molecule has 0 radical (unpaired) electrons. The van der Waals surface area contributed by atoms with Crippen molar-refractivity contribution in [3.63, 3.8) is 0 Å². The van der Waals surface area contributed by atoms with Crippen molar-refractivity contribution in [2.24, 2.45) is 0 Å². The Bertz CT molecular complexity index is 951. The van der Waals surface area contributed by atoms with Crippen LogP contribution in [0.25, 0.3) is 10.9 Å². The smallest absolute Gasteiger partial charge is 0.328 e. The number of benzene rings is 2. The molecule has 0 fully saturated rings. The molecule has 1 atom stereocenters. The summed E-state index contributed by atoms with van der Waals surface area (Å²) in [7, 11) is 1.33. The van der Waals surface area contributed by atoms with Gasteiger partial charge in [0.05, 0.1) is 12.9 Å². The van der Waals surface area contributed by atoms with Gasteiger partial charge >= 0.3 is 5.97 Å². The van der Waals surface area contributed by atoms with E-state index in [2.05, 4.69) is 10.3 Å². The largest absolute Gasteiger partial charge is 0.467 e. The summed E-state index contributed by atoms with van der Waals surface area (Å²) in [5, 5.41) is 3.85. The van der Waals surface area contributed by atoms with Gasteiger partial charge in [-0.2, -0.15) is 0 Å². The highest BCUT2D eigenvalue weighted by atomic mass is 32.2. The van der Waals surface area contributed by atoms with Crippen LogP contribution < -0.4 is 5.32 Å². The predicted octanol–water partition coefficient (Wildman–Crippen LogP) is 3.47. The number of thioether (sulfide) groups is 1. The Labute approximate surface area is 162 Å². The third-order valence-electron chi connectivity index (χ3n) is 4.37. The van der Waals surface area contributed by atoms with Gasteiger partial charge in [0.2, 0.25) is 5.91 Å². The summed E-state index contributed by atoms with van der Waals surface area (Å²) < 4.78 is 4.89. The number of esters is 1. The zero-order chi connectivity index (χ0) is 19.2. The monoisotopic (exact) mass is 382 g/mol. The minimum Gasteiger partial charge on any atom is -0.467 e. The maximum atomic E-state index is 12.4. The number of methoxy groups -OCH3 is 1. The maximum Gasteiger partial charge on any atom is 0.328 e. The van der Waals surface area contributed by atoms with Crippen LogP contribution in [0.5, 0.6) is 0 Å². The van der Waals surface area contributed by atoms with Crippen LogP contribution in [0, 0.1) is 6.92 Å². The average Bonchev–Trinajstić information content (AvgIpc) is 3.09. The number of hydrogen-bond acceptors (Lipinski definition) is 4. The molecule has 0 aliphatic rings. The van der Waals surface area contributed by atoms with Crippen LogP contribution in [-0.2, 0) is 20.7 Å². The van der Waals surface area contributed by atoms with Crippen molar-refractivity contribution in [1.29, 1.82) is 0 Å². The molecule has 0 spiro atoms. The number of carbonyl (C=O) groups is 2. The Kier molecular flexibility index (Phi) is 6.19. The first kappa shape index (κ1) is 19.0. The lowest BCUT2D eigenvalue weighted by Crippen LogP contribution is -2.43. The third kappa shape index (κ3) is 4.71. The second kappa shape index (κ2) is 8.77. The van der Waals surface area contributed by atoms with Crippen LogP contribution in [0.1, 0.15) is 11.1 Å². The van der Waals surface area contributed by atoms with Gasteiger partial charge in [-0.05, 0) is 30.2 Å². The molecule has 140 valence electrons. The molecule has 0 unspecified atom stereocenters. The number of amides is 1. The first-order valence-electron chi connectivity index (χ1n) is 8.69. The fourth-order valence-corrected chi connectivity index (χ4v) is 3.79. The Hall–Kier alpha value is -2.73. The van der Waals surface area contributed by atoms with Crippen molar-refractivity contribution in [2.75, 3.05) is 12.9 Å². The summed E-state index contributed by atoms with van der Waals surface area (Å²) in [6.45, 7) is 2.01. The second-order valence-electron chi connectivity index (χ2n) is 6.26. The molecule has 3 rings (SSSR count). The van der Waals surface area contributed by atoms with E-state index in [9.17, 15) is 9.59 Å². The van der Waals surface area contributed by atoms with E-state index in [1.54, 1.807) is 0 Å². The fourth-order valence-electron chi connectivity index (χ4n) is 2.95. The van der Waals surface area contributed by atoms with E-state index in [0.29, 0.717) is 6.42 Å². The molecule has 0 aliphatic carbocycles. The predicted molar refractivity (Wildman–Crippen MR) is 108 cm³/mol. The van der Waals surface area contributed by atoms with Gasteiger partial charge in [-0.3, -0.25) is 4.79 Å². The summed E-state index contributed by atoms with van der Waals surface area (Å²) in [5.74, 6) is -0.403. The zero-order valence-corrected chi connectivity index (χ0v) is 16.1. The number of para-hydroxylation sites is 1. The highest BCUT2D eigenvalue weighted by Crippen LogP contribution is 2.22. The number of aryl methyl sites for hydroxylation is 1. The van der Waals surface area contributed by atoms with Gasteiger partial charge in [-0.1, -0.05) is 36.4 Å².